The zero-order chi connectivity index (χ0) is 20.5. The smallest absolute Gasteiger partial charge is 0.337 e. The lowest BCUT2D eigenvalue weighted by atomic mass is 10.0. The summed E-state index contributed by atoms with van der Waals surface area (Å²) >= 11 is 0. The van der Waals surface area contributed by atoms with E-state index in [2.05, 4.69) is 17.4 Å². The SMILES string of the molecule is COCC(=O)Oc1ccc(CCC(=O)N2CCNC[C@H]2Cc2ccccc2)cc1. The van der Waals surface area contributed by atoms with Crippen LogP contribution in [-0.4, -0.2) is 56.2 Å². The number of ether oxygens (including phenoxy) is 2. The van der Waals surface area contributed by atoms with Crippen molar-refractivity contribution in [3.63, 3.8) is 0 Å². The van der Waals surface area contributed by atoms with Gasteiger partial charge in [0.25, 0.3) is 0 Å². The van der Waals surface area contributed by atoms with Crippen LogP contribution >= 0.6 is 0 Å². The lowest BCUT2D eigenvalue weighted by Crippen LogP contribution is -2.54. The van der Waals surface area contributed by atoms with Crippen LogP contribution in [0.3, 0.4) is 0 Å². The third-order valence-electron chi connectivity index (χ3n) is 5.03. The molecule has 0 aromatic heterocycles. The Hall–Kier alpha value is -2.70. The predicted octanol–water partition coefficient (Wildman–Crippen LogP) is 2.21. The first-order chi connectivity index (χ1) is 14.2. The van der Waals surface area contributed by atoms with Crippen molar-refractivity contribution in [2.75, 3.05) is 33.4 Å². The van der Waals surface area contributed by atoms with Gasteiger partial charge in [-0.25, -0.2) is 4.79 Å². The molecule has 0 aliphatic carbocycles. The molecule has 0 radical (unpaired) electrons. The van der Waals surface area contributed by atoms with Crippen molar-refractivity contribution >= 4 is 11.9 Å². The number of hydrogen-bond acceptors (Lipinski definition) is 5. The van der Waals surface area contributed by atoms with Gasteiger partial charge in [0.1, 0.15) is 12.4 Å². The average Bonchev–Trinajstić information content (AvgIpc) is 2.74. The topological polar surface area (TPSA) is 67.9 Å². The fourth-order valence-electron chi connectivity index (χ4n) is 3.56. The molecule has 0 unspecified atom stereocenters. The average molecular weight is 396 g/mol. The third kappa shape index (κ3) is 6.41. The largest absolute Gasteiger partial charge is 0.425 e. The van der Waals surface area contributed by atoms with Gasteiger partial charge in [-0.1, -0.05) is 42.5 Å². The molecule has 154 valence electrons. The van der Waals surface area contributed by atoms with E-state index in [1.54, 1.807) is 12.1 Å². The first-order valence-electron chi connectivity index (χ1n) is 9.98. The molecule has 0 saturated carbocycles. The summed E-state index contributed by atoms with van der Waals surface area (Å²) in [6.45, 7) is 2.32. The Bertz CT molecular complexity index is 792. The second-order valence-electron chi connectivity index (χ2n) is 7.19. The molecule has 1 aliphatic rings. The number of carbonyl (C=O) groups is 2. The highest BCUT2D eigenvalue weighted by atomic mass is 16.6. The summed E-state index contributed by atoms with van der Waals surface area (Å²) in [4.78, 5) is 26.3. The van der Waals surface area contributed by atoms with Crippen LogP contribution in [0, 0.1) is 0 Å². The van der Waals surface area contributed by atoms with Gasteiger partial charge >= 0.3 is 5.97 Å². The van der Waals surface area contributed by atoms with Gasteiger partial charge in [-0.15, -0.1) is 0 Å². The van der Waals surface area contributed by atoms with Crippen LogP contribution in [0.1, 0.15) is 17.5 Å². The molecule has 1 aliphatic heterocycles. The minimum Gasteiger partial charge on any atom is -0.425 e. The van der Waals surface area contributed by atoms with Gasteiger partial charge in [0.15, 0.2) is 0 Å². The number of rotatable bonds is 8. The van der Waals surface area contributed by atoms with Crippen LogP contribution in [0.15, 0.2) is 54.6 Å². The van der Waals surface area contributed by atoms with Crippen LogP contribution in [0.25, 0.3) is 0 Å². The van der Waals surface area contributed by atoms with E-state index in [0.717, 1.165) is 31.6 Å². The molecule has 1 saturated heterocycles. The van der Waals surface area contributed by atoms with E-state index in [9.17, 15) is 9.59 Å². The molecule has 1 N–H and O–H groups in total. The molecule has 6 nitrogen and oxygen atoms in total. The number of aryl methyl sites for hydroxylation is 1. The Morgan fingerprint density at radius 2 is 1.83 bits per heavy atom. The van der Waals surface area contributed by atoms with Gasteiger partial charge in [0.2, 0.25) is 5.91 Å². The van der Waals surface area contributed by atoms with E-state index in [0.29, 0.717) is 18.6 Å². The standard InChI is InChI=1S/C23H28N2O4/c1-28-17-23(27)29-21-10-7-18(8-11-21)9-12-22(26)25-14-13-24-16-20(25)15-19-5-3-2-4-6-19/h2-8,10-11,20,24H,9,12-17H2,1H3/t20-/m1/s1. The molecule has 2 aromatic rings. The number of esters is 1. The molecule has 0 bridgehead atoms. The first kappa shape index (κ1) is 21.0. The molecule has 6 heteroatoms. The van der Waals surface area contributed by atoms with Crippen LogP contribution in [0.5, 0.6) is 5.75 Å². The minimum absolute atomic E-state index is 0.0783. The summed E-state index contributed by atoms with van der Waals surface area (Å²) in [5.74, 6) is 0.230. The number of methoxy groups -OCH3 is 1. The summed E-state index contributed by atoms with van der Waals surface area (Å²) in [7, 11) is 1.45. The molecular formula is C23H28N2O4. The Balaban J connectivity index is 1.52. The maximum Gasteiger partial charge on any atom is 0.337 e. The van der Waals surface area contributed by atoms with Gasteiger partial charge in [-0.3, -0.25) is 4.79 Å². The highest BCUT2D eigenvalue weighted by Crippen LogP contribution is 2.16. The van der Waals surface area contributed by atoms with Gasteiger partial charge < -0.3 is 19.7 Å². The van der Waals surface area contributed by atoms with Gasteiger partial charge in [0.05, 0.1) is 0 Å². The van der Waals surface area contributed by atoms with Crippen molar-refractivity contribution in [1.29, 1.82) is 0 Å². The second kappa shape index (κ2) is 10.7. The highest BCUT2D eigenvalue weighted by molar-refractivity contribution is 5.77. The molecule has 3 rings (SSSR count). The zero-order valence-corrected chi connectivity index (χ0v) is 16.8. The number of hydrogen-bond donors (Lipinski definition) is 1. The minimum atomic E-state index is -0.432. The number of nitrogens with one attached hydrogen (secondary N) is 1. The second-order valence-corrected chi connectivity index (χ2v) is 7.19. The highest BCUT2D eigenvalue weighted by Gasteiger charge is 2.26. The summed E-state index contributed by atoms with van der Waals surface area (Å²) in [6.07, 6.45) is 1.99. The number of amides is 1. The molecule has 0 spiro atoms. The molecule has 1 fully saturated rings. The molecular weight excluding hydrogens is 368 g/mol. The molecule has 1 heterocycles. The predicted molar refractivity (Wildman–Crippen MR) is 111 cm³/mol. The third-order valence-corrected chi connectivity index (χ3v) is 5.03. The van der Waals surface area contributed by atoms with E-state index in [-0.39, 0.29) is 18.6 Å². The number of nitrogens with zero attached hydrogens (tertiary/aromatic N) is 1. The van der Waals surface area contributed by atoms with E-state index in [1.807, 2.05) is 35.2 Å². The van der Waals surface area contributed by atoms with Crippen LogP contribution in [0.4, 0.5) is 0 Å². The first-order valence-corrected chi connectivity index (χ1v) is 9.98. The number of benzene rings is 2. The van der Waals surface area contributed by atoms with E-state index in [1.165, 1.54) is 12.7 Å². The zero-order valence-electron chi connectivity index (χ0n) is 16.8. The fraction of sp³-hybridized carbons (Fsp3) is 0.391. The Labute approximate surface area is 171 Å². The van der Waals surface area contributed by atoms with Crippen LogP contribution < -0.4 is 10.1 Å². The van der Waals surface area contributed by atoms with Gasteiger partial charge in [0, 0.05) is 39.2 Å². The van der Waals surface area contributed by atoms with Crippen molar-refractivity contribution < 1.29 is 19.1 Å². The maximum atomic E-state index is 12.9. The summed E-state index contributed by atoms with van der Waals surface area (Å²) in [5.41, 5.74) is 2.29. The van der Waals surface area contributed by atoms with Crippen molar-refractivity contribution in [3.05, 3.63) is 65.7 Å². The molecule has 1 amide bonds. The maximum absolute atomic E-state index is 12.9. The van der Waals surface area contributed by atoms with Crippen LogP contribution in [-0.2, 0) is 27.2 Å². The number of piperazine rings is 1. The normalized spacial score (nSPS) is 16.4. The van der Waals surface area contributed by atoms with Crippen LogP contribution in [0.2, 0.25) is 0 Å². The van der Waals surface area contributed by atoms with Gasteiger partial charge in [-0.2, -0.15) is 0 Å². The molecule has 1 atom stereocenters. The lowest BCUT2D eigenvalue weighted by molar-refractivity contribution is -0.138. The van der Waals surface area contributed by atoms with Crippen molar-refractivity contribution in [2.45, 2.75) is 25.3 Å². The molecule has 29 heavy (non-hydrogen) atoms. The Kier molecular flexibility index (Phi) is 7.78. The quantitative estimate of drug-likeness (QED) is 0.547. The van der Waals surface area contributed by atoms with Crippen molar-refractivity contribution in [3.8, 4) is 5.75 Å². The number of carbonyl (C=O) groups excluding carboxylic acids is 2. The van der Waals surface area contributed by atoms with Crippen molar-refractivity contribution in [1.82, 2.24) is 10.2 Å². The lowest BCUT2D eigenvalue weighted by Gasteiger charge is -2.36. The van der Waals surface area contributed by atoms with E-state index in [4.69, 9.17) is 9.47 Å². The molecule has 2 aromatic carbocycles. The van der Waals surface area contributed by atoms with Crippen molar-refractivity contribution in [2.24, 2.45) is 0 Å². The van der Waals surface area contributed by atoms with E-state index < -0.39 is 5.97 Å². The Morgan fingerprint density at radius 1 is 1.07 bits per heavy atom. The Morgan fingerprint density at radius 3 is 2.55 bits per heavy atom. The van der Waals surface area contributed by atoms with Gasteiger partial charge in [-0.05, 0) is 36.1 Å². The summed E-state index contributed by atoms with van der Waals surface area (Å²) < 4.78 is 9.90. The van der Waals surface area contributed by atoms with E-state index >= 15 is 0 Å². The fourth-order valence-corrected chi connectivity index (χ4v) is 3.56. The summed E-state index contributed by atoms with van der Waals surface area (Å²) in [5, 5.41) is 3.40. The monoisotopic (exact) mass is 396 g/mol. The summed E-state index contributed by atoms with van der Waals surface area (Å²) in [6, 6.07) is 17.8.